The molecule has 9 rings (SSSR count). The third-order valence-corrected chi connectivity index (χ3v) is 10.7. The molecule has 7 heterocycles. The molecule has 226 valence electrons. The highest BCUT2D eigenvalue weighted by molar-refractivity contribution is 6.00. The number of anilines is 2. The number of para-hydroxylation sites is 2. The van der Waals surface area contributed by atoms with Gasteiger partial charge in [0.25, 0.3) is 0 Å². The highest BCUT2D eigenvalue weighted by atomic mass is 16.5. The molecule has 2 aromatic heterocycles. The minimum absolute atomic E-state index is 0.158. The largest absolute Gasteiger partial charge is 0.467 e. The number of hydrogen-bond acceptors (Lipinski definition) is 7. The van der Waals surface area contributed by atoms with Crippen molar-refractivity contribution >= 4 is 28.3 Å². The first-order valence-electron chi connectivity index (χ1n) is 16.4. The van der Waals surface area contributed by atoms with Crippen LogP contribution in [0.1, 0.15) is 56.3 Å². The second kappa shape index (κ2) is 11.5. The van der Waals surface area contributed by atoms with Crippen LogP contribution < -0.4 is 14.5 Å². The van der Waals surface area contributed by atoms with Gasteiger partial charge in [0.1, 0.15) is 12.1 Å². The number of ether oxygens (including phenoxy) is 1. The maximum absolute atomic E-state index is 13.8. The van der Waals surface area contributed by atoms with Gasteiger partial charge in [-0.1, -0.05) is 49.7 Å². The summed E-state index contributed by atoms with van der Waals surface area (Å²) >= 11 is 0. The zero-order valence-electron chi connectivity index (χ0n) is 25.4. The molecule has 4 fully saturated rings. The summed E-state index contributed by atoms with van der Waals surface area (Å²) in [5.74, 6) is 2.91. The Morgan fingerprint density at radius 2 is 1.86 bits per heavy atom. The summed E-state index contributed by atoms with van der Waals surface area (Å²) in [6.07, 6.45) is 8.04. The van der Waals surface area contributed by atoms with E-state index in [1.54, 1.807) is 0 Å². The van der Waals surface area contributed by atoms with E-state index in [2.05, 4.69) is 68.3 Å². The minimum atomic E-state index is -0.227. The molecule has 0 saturated carbocycles. The zero-order chi connectivity index (χ0) is 29.6. The van der Waals surface area contributed by atoms with Gasteiger partial charge < -0.3 is 14.5 Å². The molecule has 2 bridgehead atoms. The predicted molar refractivity (Wildman–Crippen MR) is 172 cm³/mol. The molecule has 4 saturated heterocycles. The second-order valence-electron chi connectivity index (χ2n) is 12.9. The van der Waals surface area contributed by atoms with E-state index in [9.17, 15) is 4.79 Å². The van der Waals surface area contributed by atoms with Crippen molar-refractivity contribution in [2.24, 2.45) is 11.8 Å². The predicted octanol–water partition coefficient (Wildman–Crippen LogP) is 5.82. The van der Waals surface area contributed by atoms with Crippen molar-refractivity contribution in [2.45, 2.75) is 63.6 Å². The normalized spacial score (nSPS) is 26.6. The van der Waals surface area contributed by atoms with Gasteiger partial charge in [0.15, 0.2) is 5.82 Å². The van der Waals surface area contributed by atoms with Gasteiger partial charge >= 0.3 is 0 Å². The van der Waals surface area contributed by atoms with Gasteiger partial charge in [-0.25, -0.2) is 0 Å². The molecule has 0 spiro atoms. The zero-order valence-corrected chi connectivity index (χ0v) is 25.4. The summed E-state index contributed by atoms with van der Waals surface area (Å²) < 4.78 is 6.85. The topological polar surface area (TPSA) is 74.7 Å². The van der Waals surface area contributed by atoms with Crippen LogP contribution in [0.2, 0.25) is 0 Å². The van der Waals surface area contributed by atoms with Crippen LogP contribution in [0.5, 0.6) is 5.88 Å². The Bertz CT molecular complexity index is 1660. The van der Waals surface area contributed by atoms with Crippen LogP contribution >= 0.6 is 0 Å². The smallest absolute Gasteiger partial charge is 0.249 e. The van der Waals surface area contributed by atoms with Gasteiger partial charge in [-0.2, -0.15) is 0 Å². The fourth-order valence-corrected chi connectivity index (χ4v) is 8.38. The molecular formula is C36H40N6O2. The number of amides is 1. The summed E-state index contributed by atoms with van der Waals surface area (Å²) in [6.45, 7) is 6.11. The molecule has 44 heavy (non-hydrogen) atoms. The van der Waals surface area contributed by atoms with Gasteiger partial charge in [0, 0.05) is 48.5 Å². The average Bonchev–Trinajstić information content (AvgIpc) is 3.75. The highest BCUT2D eigenvalue weighted by Crippen LogP contribution is 2.44. The summed E-state index contributed by atoms with van der Waals surface area (Å²) in [6, 6.07) is 22.7. The van der Waals surface area contributed by atoms with Crippen molar-refractivity contribution in [3.63, 3.8) is 0 Å². The first kappa shape index (κ1) is 27.5. The molecule has 6 atom stereocenters. The Labute approximate surface area is 259 Å². The van der Waals surface area contributed by atoms with Crippen molar-refractivity contribution in [1.82, 2.24) is 20.1 Å². The van der Waals surface area contributed by atoms with E-state index in [-0.39, 0.29) is 24.1 Å². The number of benzene rings is 2. The van der Waals surface area contributed by atoms with Crippen molar-refractivity contribution in [1.29, 1.82) is 0 Å². The van der Waals surface area contributed by atoms with Crippen LogP contribution in [-0.4, -0.2) is 64.3 Å². The van der Waals surface area contributed by atoms with E-state index in [0.29, 0.717) is 5.88 Å². The number of hydrogen-bond donors (Lipinski definition) is 0. The van der Waals surface area contributed by atoms with Crippen molar-refractivity contribution in [2.75, 3.05) is 36.0 Å². The molecule has 8 nitrogen and oxygen atoms in total. The summed E-state index contributed by atoms with van der Waals surface area (Å²) in [5, 5.41) is 10.4. The Hall–Kier alpha value is -4.04. The van der Waals surface area contributed by atoms with Crippen LogP contribution in [0.25, 0.3) is 10.9 Å². The number of piperidine rings is 3. The fraction of sp³-hybridized carbons (Fsp3) is 0.444. The molecule has 0 aliphatic carbocycles. The van der Waals surface area contributed by atoms with E-state index in [1.807, 2.05) is 41.4 Å². The van der Waals surface area contributed by atoms with E-state index in [4.69, 9.17) is 4.74 Å². The van der Waals surface area contributed by atoms with Crippen molar-refractivity contribution in [3.8, 4) is 5.88 Å². The van der Waals surface area contributed by atoms with Crippen LogP contribution in [0, 0.1) is 11.8 Å². The molecule has 2 aromatic carbocycles. The summed E-state index contributed by atoms with van der Waals surface area (Å²) in [5.41, 5.74) is 4.43. The lowest BCUT2D eigenvalue weighted by Gasteiger charge is -2.51. The number of carbonyl (C=O) groups excluding carboxylic acids is 1. The Kier molecular flexibility index (Phi) is 7.17. The number of nitrogens with zero attached hydrogens (tertiary/aromatic N) is 6. The van der Waals surface area contributed by atoms with Crippen molar-refractivity contribution in [3.05, 3.63) is 84.1 Å². The molecule has 4 aromatic rings. The molecular weight excluding hydrogens is 548 g/mol. The molecule has 0 N–H and O–H groups in total. The molecule has 8 heteroatoms. The number of aromatic nitrogens is 3. The number of carbonyl (C=O) groups is 1. The van der Waals surface area contributed by atoms with Crippen LogP contribution in [0.4, 0.5) is 11.5 Å². The number of fused-ring (bicyclic) bond motifs is 5. The Morgan fingerprint density at radius 1 is 0.977 bits per heavy atom. The summed E-state index contributed by atoms with van der Waals surface area (Å²) in [7, 11) is 0. The average molecular weight is 589 g/mol. The number of pyridine rings is 1. The number of rotatable bonds is 7. The van der Waals surface area contributed by atoms with Gasteiger partial charge in [0.05, 0.1) is 11.6 Å². The molecule has 1 amide bonds. The molecule has 1 unspecified atom stereocenters. The van der Waals surface area contributed by atoms with E-state index < -0.39 is 0 Å². The lowest BCUT2D eigenvalue weighted by atomic mass is 9.72. The Morgan fingerprint density at radius 3 is 2.70 bits per heavy atom. The van der Waals surface area contributed by atoms with Crippen LogP contribution in [-0.2, 0) is 11.2 Å². The van der Waals surface area contributed by atoms with Crippen molar-refractivity contribution < 1.29 is 9.53 Å². The lowest BCUT2D eigenvalue weighted by molar-refractivity contribution is -0.119. The highest BCUT2D eigenvalue weighted by Gasteiger charge is 2.44. The van der Waals surface area contributed by atoms with E-state index >= 15 is 0 Å². The summed E-state index contributed by atoms with van der Waals surface area (Å²) in [4.78, 5) is 25.1. The van der Waals surface area contributed by atoms with Gasteiger partial charge in [-0.05, 0) is 80.3 Å². The Balaban J connectivity index is 1.06. The van der Waals surface area contributed by atoms with Gasteiger partial charge in [0.2, 0.25) is 11.8 Å². The first-order chi connectivity index (χ1) is 21.7. The maximum atomic E-state index is 13.8. The first-order valence-corrected chi connectivity index (χ1v) is 16.4. The van der Waals surface area contributed by atoms with Gasteiger partial charge in [-0.15, -0.1) is 10.2 Å². The third-order valence-electron chi connectivity index (χ3n) is 10.7. The fourth-order valence-electron chi connectivity index (χ4n) is 8.38. The van der Waals surface area contributed by atoms with E-state index in [0.717, 1.165) is 91.7 Å². The minimum Gasteiger partial charge on any atom is -0.467 e. The standard InChI is InChI=1S/C36H40N6O2/c1-2-24-23-40-20-16-26(24)22-32(40)35(28-15-18-37-29-10-5-4-9-27(28)29)44-34-14-13-33(38-39-34)41-19-7-12-31(41)36(43)42-21-17-25-8-3-6-11-30(25)42/h3-6,8-11,13-15,18,24,26,31-32,35H,2,7,12,16-17,19-23H2,1H3/t24-,26+,31+,32-,35-/m0/s1. The molecule has 0 radical (unpaired) electrons. The molecule has 5 aliphatic rings. The monoisotopic (exact) mass is 588 g/mol. The SMILES string of the molecule is CC[C@H]1CN2CC[C@@H]1C[C@H]2[C@@H](Oc1ccc(N2CCC[C@@H]2C(=O)N2CCc3ccccc32)nn1)c1ccnc2ccccc12. The second-order valence-corrected chi connectivity index (χ2v) is 12.9. The van der Waals surface area contributed by atoms with Crippen LogP contribution in [0.15, 0.2) is 72.9 Å². The molecule has 5 aliphatic heterocycles. The maximum Gasteiger partial charge on any atom is 0.249 e. The third kappa shape index (κ3) is 4.80. The van der Waals surface area contributed by atoms with Gasteiger partial charge in [-0.3, -0.25) is 14.7 Å². The van der Waals surface area contributed by atoms with Crippen LogP contribution in [0.3, 0.4) is 0 Å². The van der Waals surface area contributed by atoms with E-state index in [1.165, 1.54) is 18.4 Å². The quantitative estimate of drug-likeness (QED) is 0.269. The lowest BCUT2D eigenvalue weighted by Crippen LogP contribution is -2.56.